The first kappa shape index (κ1) is 13.0. The van der Waals surface area contributed by atoms with Gasteiger partial charge in [0.2, 0.25) is 0 Å². The van der Waals surface area contributed by atoms with Gasteiger partial charge in [-0.1, -0.05) is 13.8 Å². The monoisotopic (exact) mass is 262 g/mol. The zero-order valence-corrected chi connectivity index (χ0v) is 11.9. The summed E-state index contributed by atoms with van der Waals surface area (Å²) in [5.41, 5.74) is 0.850. The zero-order valence-electron chi connectivity index (χ0n) is 11.9. The summed E-state index contributed by atoms with van der Waals surface area (Å²) in [5.74, 6) is 0.543. The number of nitrogens with zero attached hydrogens (tertiary/aromatic N) is 2. The molecule has 104 valence electrons. The Kier molecular flexibility index (Phi) is 3.10. The van der Waals surface area contributed by atoms with Gasteiger partial charge in [-0.25, -0.2) is 9.97 Å². The molecule has 2 saturated heterocycles. The van der Waals surface area contributed by atoms with Crippen molar-refractivity contribution in [1.82, 2.24) is 9.97 Å². The quantitative estimate of drug-likeness (QED) is 0.837. The molecule has 3 atom stereocenters. The minimum Gasteiger partial charge on any atom is -0.369 e. The molecule has 4 heteroatoms. The van der Waals surface area contributed by atoms with Gasteiger partial charge in [0, 0.05) is 12.6 Å². The predicted octanol–water partition coefficient (Wildman–Crippen LogP) is 2.73. The molecule has 4 nitrogen and oxygen atoms in total. The Balaban J connectivity index is 1.67. The van der Waals surface area contributed by atoms with E-state index in [2.05, 4.69) is 30.7 Å². The molecule has 19 heavy (non-hydrogen) atoms. The third-order valence-corrected chi connectivity index (χ3v) is 4.82. The van der Waals surface area contributed by atoms with Crippen molar-refractivity contribution in [2.24, 2.45) is 5.92 Å². The lowest BCUT2D eigenvalue weighted by atomic mass is 9.75. The smallest absolute Gasteiger partial charge is 0.115 e. The maximum atomic E-state index is 6.35. The van der Waals surface area contributed by atoms with Crippen LogP contribution in [-0.2, 0) is 16.1 Å². The standard InChI is InChI=1S/C15H22N2O2/c1-11(2)15-6-5-14(3,19-15)13(8-15)18-9-12-4-7-16-10-17-12/h4,7,10-11,13H,5-6,8-9H2,1-3H3. The van der Waals surface area contributed by atoms with Crippen molar-refractivity contribution in [3.05, 3.63) is 24.3 Å². The highest BCUT2D eigenvalue weighted by Crippen LogP contribution is 2.55. The maximum absolute atomic E-state index is 6.35. The summed E-state index contributed by atoms with van der Waals surface area (Å²) in [6, 6.07) is 1.90. The van der Waals surface area contributed by atoms with Crippen LogP contribution in [0, 0.1) is 5.92 Å². The Bertz CT molecular complexity index is 451. The number of hydrogen-bond donors (Lipinski definition) is 0. The van der Waals surface area contributed by atoms with Gasteiger partial charge >= 0.3 is 0 Å². The second-order valence-corrected chi connectivity index (χ2v) is 6.34. The van der Waals surface area contributed by atoms with Crippen molar-refractivity contribution in [1.29, 1.82) is 0 Å². The van der Waals surface area contributed by atoms with Crippen molar-refractivity contribution in [3.63, 3.8) is 0 Å². The third-order valence-electron chi connectivity index (χ3n) is 4.82. The molecule has 0 N–H and O–H groups in total. The van der Waals surface area contributed by atoms with Crippen LogP contribution in [0.2, 0.25) is 0 Å². The van der Waals surface area contributed by atoms with Gasteiger partial charge in [0.1, 0.15) is 6.33 Å². The van der Waals surface area contributed by atoms with Crippen LogP contribution in [-0.4, -0.2) is 27.3 Å². The van der Waals surface area contributed by atoms with Crippen molar-refractivity contribution in [2.75, 3.05) is 0 Å². The Morgan fingerprint density at radius 1 is 1.47 bits per heavy atom. The first-order valence-corrected chi connectivity index (χ1v) is 7.11. The van der Waals surface area contributed by atoms with E-state index in [1.54, 1.807) is 12.5 Å². The third kappa shape index (κ3) is 2.17. The van der Waals surface area contributed by atoms with Crippen LogP contribution in [0.4, 0.5) is 0 Å². The average molecular weight is 262 g/mol. The minimum absolute atomic E-state index is 0.0328. The summed E-state index contributed by atoms with van der Waals surface area (Å²) < 4.78 is 12.4. The van der Waals surface area contributed by atoms with E-state index in [0.29, 0.717) is 12.5 Å². The Hall–Kier alpha value is -1.00. The zero-order chi connectivity index (χ0) is 13.5. The second kappa shape index (κ2) is 4.53. The molecule has 3 rings (SSSR count). The lowest BCUT2D eigenvalue weighted by molar-refractivity contribution is -0.0963. The molecule has 1 aromatic rings. The number of rotatable bonds is 4. The maximum Gasteiger partial charge on any atom is 0.115 e. The summed E-state index contributed by atoms with van der Waals surface area (Å²) >= 11 is 0. The van der Waals surface area contributed by atoms with E-state index < -0.39 is 0 Å². The van der Waals surface area contributed by atoms with Crippen LogP contribution < -0.4 is 0 Å². The number of hydrogen-bond acceptors (Lipinski definition) is 4. The van der Waals surface area contributed by atoms with Gasteiger partial charge in [0.05, 0.1) is 29.6 Å². The van der Waals surface area contributed by atoms with E-state index in [1.165, 1.54) is 0 Å². The van der Waals surface area contributed by atoms with Crippen molar-refractivity contribution >= 4 is 0 Å². The lowest BCUT2D eigenvalue weighted by Gasteiger charge is -2.31. The summed E-state index contributed by atoms with van der Waals surface area (Å²) in [6.45, 7) is 7.23. The number of ether oxygens (including phenoxy) is 2. The molecule has 3 heterocycles. The Labute approximate surface area is 114 Å². The fourth-order valence-corrected chi connectivity index (χ4v) is 3.39. The van der Waals surface area contributed by atoms with E-state index in [0.717, 1.165) is 25.0 Å². The number of fused-ring (bicyclic) bond motifs is 2. The lowest BCUT2D eigenvalue weighted by Crippen LogP contribution is -2.38. The topological polar surface area (TPSA) is 44.2 Å². The van der Waals surface area contributed by atoms with E-state index in [4.69, 9.17) is 9.47 Å². The first-order valence-electron chi connectivity index (χ1n) is 7.11. The SMILES string of the molecule is CC(C)C12CCC(C)(O1)C(OCc1ccncn1)C2. The fraction of sp³-hybridized carbons (Fsp3) is 0.733. The molecule has 0 aliphatic carbocycles. The average Bonchev–Trinajstić information content (AvgIpc) is 2.90. The van der Waals surface area contributed by atoms with Gasteiger partial charge in [-0.3, -0.25) is 0 Å². The van der Waals surface area contributed by atoms with E-state index >= 15 is 0 Å². The van der Waals surface area contributed by atoms with Crippen LogP contribution in [0.3, 0.4) is 0 Å². The van der Waals surface area contributed by atoms with Gasteiger partial charge in [-0.2, -0.15) is 0 Å². The van der Waals surface area contributed by atoms with Crippen molar-refractivity contribution < 1.29 is 9.47 Å². The van der Waals surface area contributed by atoms with Gasteiger partial charge in [0.15, 0.2) is 0 Å². The van der Waals surface area contributed by atoms with Gasteiger partial charge in [0.25, 0.3) is 0 Å². The molecule has 0 spiro atoms. The molecule has 3 unspecified atom stereocenters. The summed E-state index contributed by atoms with van der Waals surface area (Å²) in [4.78, 5) is 8.12. The van der Waals surface area contributed by atoms with Crippen LogP contribution in [0.15, 0.2) is 18.6 Å². The van der Waals surface area contributed by atoms with Gasteiger partial charge in [-0.15, -0.1) is 0 Å². The first-order chi connectivity index (χ1) is 9.04. The highest BCUT2D eigenvalue weighted by molar-refractivity contribution is 5.10. The predicted molar refractivity (Wildman–Crippen MR) is 71.5 cm³/mol. The van der Waals surface area contributed by atoms with Crippen LogP contribution in [0.1, 0.15) is 45.7 Å². The molecular formula is C15H22N2O2. The largest absolute Gasteiger partial charge is 0.369 e. The van der Waals surface area contributed by atoms with Crippen molar-refractivity contribution in [3.8, 4) is 0 Å². The highest BCUT2D eigenvalue weighted by Gasteiger charge is 2.60. The summed E-state index contributed by atoms with van der Waals surface area (Å²) in [7, 11) is 0. The molecule has 0 amide bonds. The molecule has 0 radical (unpaired) electrons. The van der Waals surface area contributed by atoms with E-state index in [9.17, 15) is 0 Å². The molecule has 0 aromatic carbocycles. The highest BCUT2D eigenvalue weighted by atomic mass is 16.6. The molecule has 2 bridgehead atoms. The fourth-order valence-electron chi connectivity index (χ4n) is 3.39. The summed E-state index contributed by atoms with van der Waals surface area (Å²) in [6.07, 6.45) is 6.76. The Morgan fingerprint density at radius 2 is 2.32 bits per heavy atom. The van der Waals surface area contributed by atoms with Crippen LogP contribution in [0.25, 0.3) is 0 Å². The van der Waals surface area contributed by atoms with Crippen LogP contribution >= 0.6 is 0 Å². The molecular weight excluding hydrogens is 240 g/mol. The Morgan fingerprint density at radius 3 is 2.95 bits per heavy atom. The van der Waals surface area contributed by atoms with Crippen molar-refractivity contribution in [2.45, 2.75) is 63.9 Å². The van der Waals surface area contributed by atoms with Crippen LogP contribution in [0.5, 0.6) is 0 Å². The number of aromatic nitrogens is 2. The van der Waals surface area contributed by atoms with Gasteiger partial charge in [-0.05, 0) is 31.7 Å². The molecule has 1 aromatic heterocycles. The minimum atomic E-state index is -0.114. The molecule has 2 aliphatic rings. The summed E-state index contributed by atoms with van der Waals surface area (Å²) in [5, 5.41) is 0. The normalized spacial score (nSPS) is 37.2. The molecule has 0 saturated carbocycles. The molecule has 2 fully saturated rings. The molecule has 2 aliphatic heterocycles. The van der Waals surface area contributed by atoms with Gasteiger partial charge < -0.3 is 9.47 Å². The second-order valence-electron chi connectivity index (χ2n) is 6.34. The van der Waals surface area contributed by atoms with E-state index in [-0.39, 0.29) is 17.3 Å². The van der Waals surface area contributed by atoms with E-state index in [1.807, 2.05) is 6.07 Å².